The molecule has 0 aliphatic carbocycles. The first-order valence-electron chi connectivity index (χ1n) is 10.4. The Morgan fingerprint density at radius 3 is 2.34 bits per heavy atom. The summed E-state index contributed by atoms with van der Waals surface area (Å²) >= 11 is 0. The van der Waals surface area contributed by atoms with Crippen LogP contribution in [0.1, 0.15) is 40.4 Å². The standard InChI is InChI=1S/C26H26N2O4/c1-18-5-3-6-20(15-18)11-14-25(30)27-17-21-9-12-23(13-10-21)28-26(31)22-7-4-8-24(16-22)32-19(2)29/h3-10,12-13,15-16H,11,14,17H2,1-2H3,(H,27,30)(H,28,31). The van der Waals surface area contributed by atoms with E-state index in [9.17, 15) is 14.4 Å². The van der Waals surface area contributed by atoms with Crippen molar-refractivity contribution >= 4 is 23.5 Å². The number of amides is 2. The van der Waals surface area contributed by atoms with Gasteiger partial charge in [-0.25, -0.2) is 0 Å². The van der Waals surface area contributed by atoms with Gasteiger partial charge in [0.1, 0.15) is 5.75 Å². The van der Waals surface area contributed by atoms with E-state index in [1.807, 2.05) is 37.3 Å². The highest BCUT2D eigenvalue weighted by Crippen LogP contribution is 2.16. The van der Waals surface area contributed by atoms with Gasteiger partial charge in [0.15, 0.2) is 0 Å². The smallest absolute Gasteiger partial charge is 0.308 e. The highest BCUT2D eigenvalue weighted by atomic mass is 16.5. The topological polar surface area (TPSA) is 84.5 Å². The average Bonchev–Trinajstić information content (AvgIpc) is 2.77. The number of hydrogen-bond acceptors (Lipinski definition) is 4. The van der Waals surface area contributed by atoms with Crippen LogP contribution in [0.3, 0.4) is 0 Å². The molecule has 164 valence electrons. The molecule has 32 heavy (non-hydrogen) atoms. The van der Waals surface area contributed by atoms with Crippen molar-refractivity contribution in [3.63, 3.8) is 0 Å². The molecule has 2 amide bonds. The highest BCUT2D eigenvalue weighted by Gasteiger charge is 2.09. The summed E-state index contributed by atoms with van der Waals surface area (Å²) in [5, 5.41) is 5.73. The fraction of sp³-hybridized carbons (Fsp3) is 0.192. The molecule has 0 aromatic heterocycles. The molecule has 0 radical (unpaired) electrons. The second-order valence-corrected chi connectivity index (χ2v) is 7.54. The first-order chi connectivity index (χ1) is 15.4. The Kier molecular flexibility index (Phi) is 7.75. The van der Waals surface area contributed by atoms with Gasteiger partial charge in [-0.15, -0.1) is 0 Å². The maximum atomic E-state index is 12.5. The number of ether oxygens (including phenoxy) is 1. The van der Waals surface area contributed by atoms with Crippen molar-refractivity contribution in [2.24, 2.45) is 0 Å². The number of anilines is 1. The molecule has 3 rings (SSSR count). The monoisotopic (exact) mass is 430 g/mol. The summed E-state index contributed by atoms with van der Waals surface area (Å²) in [6.07, 6.45) is 1.14. The van der Waals surface area contributed by atoms with Crippen LogP contribution in [0.4, 0.5) is 5.69 Å². The number of aryl methyl sites for hydroxylation is 2. The zero-order chi connectivity index (χ0) is 22.9. The number of rotatable bonds is 8. The Labute approximate surface area is 187 Å². The molecular weight excluding hydrogens is 404 g/mol. The SMILES string of the molecule is CC(=O)Oc1cccc(C(=O)Nc2ccc(CNC(=O)CCc3cccc(C)c3)cc2)c1. The van der Waals surface area contributed by atoms with Gasteiger partial charge in [-0.05, 0) is 54.8 Å². The molecule has 0 aliphatic rings. The molecule has 0 atom stereocenters. The zero-order valence-electron chi connectivity index (χ0n) is 18.2. The minimum atomic E-state index is -0.444. The largest absolute Gasteiger partial charge is 0.427 e. The highest BCUT2D eigenvalue weighted by molar-refractivity contribution is 6.04. The van der Waals surface area contributed by atoms with Crippen molar-refractivity contribution in [1.82, 2.24) is 5.32 Å². The summed E-state index contributed by atoms with van der Waals surface area (Å²) in [4.78, 5) is 35.7. The molecule has 2 N–H and O–H groups in total. The Balaban J connectivity index is 1.48. The predicted octanol–water partition coefficient (Wildman–Crippen LogP) is 4.42. The number of esters is 1. The van der Waals surface area contributed by atoms with Gasteiger partial charge in [0.2, 0.25) is 5.91 Å². The molecule has 0 spiro atoms. The van der Waals surface area contributed by atoms with Crippen molar-refractivity contribution in [2.75, 3.05) is 5.32 Å². The first-order valence-corrected chi connectivity index (χ1v) is 10.4. The first kappa shape index (κ1) is 22.7. The molecule has 6 nitrogen and oxygen atoms in total. The lowest BCUT2D eigenvalue weighted by molar-refractivity contribution is -0.131. The van der Waals surface area contributed by atoms with Crippen LogP contribution in [0.5, 0.6) is 5.75 Å². The van der Waals surface area contributed by atoms with Crippen molar-refractivity contribution < 1.29 is 19.1 Å². The lowest BCUT2D eigenvalue weighted by Crippen LogP contribution is -2.23. The third kappa shape index (κ3) is 7.09. The fourth-order valence-electron chi connectivity index (χ4n) is 3.19. The Morgan fingerprint density at radius 1 is 0.875 bits per heavy atom. The molecule has 0 saturated heterocycles. The Morgan fingerprint density at radius 2 is 1.62 bits per heavy atom. The summed E-state index contributed by atoms with van der Waals surface area (Å²) in [6, 6.07) is 21.8. The van der Waals surface area contributed by atoms with Crippen LogP contribution in [0.15, 0.2) is 72.8 Å². The number of benzene rings is 3. The summed E-state index contributed by atoms with van der Waals surface area (Å²) < 4.78 is 5.01. The number of hydrogen-bond donors (Lipinski definition) is 2. The van der Waals surface area contributed by atoms with Gasteiger partial charge in [0.25, 0.3) is 5.91 Å². The third-order valence-electron chi connectivity index (χ3n) is 4.78. The van der Waals surface area contributed by atoms with Crippen molar-refractivity contribution in [2.45, 2.75) is 33.2 Å². The summed E-state index contributed by atoms with van der Waals surface area (Å²) in [6.45, 7) is 3.77. The Bertz CT molecular complexity index is 1110. The molecule has 0 saturated carbocycles. The van der Waals surface area contributed by atoms with Crippen LogP contribution in [0.2, 0.25) is 0 Å². The number of carbonyl (C=O) groups is 3. The average molecular weight is 431 g/mol. The second kappa shape index (κ2) is 10.9. The van der Waals surface area contributed by atoms with E-state index < -0.39 is 5.97 Å². The van der Waals surface area contributed by atoms with Gasteiger partial charge < -0.3 is 15.4 Å². The quantitative estimate of drug-likeness (QED) is 0.409. The van der Waals surface area contributed by atoms with Crippen molar-refractivity contribution in [3.05, 3.63) is 95.1 Å². The van der Waals surface area contributed by atoms with Crippen LogP contribution >= 0.6 is 0 Å². The maximum absolute atomic E-state index is 12.5. The molecule has 0 unspecified atom stereocenters. The molecule has 0 heterocycles. The predicted molar refractivity (Wildman–Crippen MR) is 123 cm³/mol. The summed E-state index contributed by atoms with van der Waals surface area (Å²) in [7, 11) is 0. The molecule has 6 heteroatoms. The van der Waals surface area contributed by atoms with E-state index in [1.165, 1.54) is 18.6 Å². The summed E-state index contributed by atoms with van der Waals surface area (Å²) in [5.41, 5.74) is 4.28. The van der Waals surface area contributed by atoms with Crippen LogP contribution in [-0.2, 0) is 22.6 Å². The van der Waals surface area contributed by atoms with Gasteiger partial charge in [-0.1, -0.05) is 48.0 Å². The van der Waals surface area contributed by atoms with E-state index in [2.05, 4.69) is 16.7 Å². The van der Waals surface area contributed by atoms with Crippen molar-refractivity contribution in [3.8, 4) is 5.75 Å². The van der Waals surface area contributed by atoms with Gasteiger partial charge >= 0.3 is 5.97 Å². The third-order valence-corrected chi connectivity index (χ3v) is 4.78. The van der Waals surface area contributed by atoms with E-state index >= 15 is 0 Å². The van der Waals surface area contributed by atoms with Crippen molar-refractivity contribution in [1.29, 1.82) is 0 Å². The summed E-state index contributed by atoms with van der Waals surface area (Å²) in [5.74, 6) is -0.438. The zero-order valence-corrected chi connectivity index (χ0v) is 18.2. The second-order valence-electron chi connectivity index (χ2n) is 7.54. The number of nitrogens with one attached hydrogen (secondary N) is 2. The van der Waals surface area contributed by atoms with E-state index in [4.69, 9.17) is 4.74 Å². The molecule has 0 fully saturated rings. The molecule has 0 bridgehead atoms. The molecule has 3 aromatic rings. The van der Waals surface area contributed by atoms with Gasteiger partial charge in [-0.2, -0.15) is 0 Å². The van der Waals surface area contributed by atoms with E-state index in [0.717, 1.165) is 11.1 Å². The molecule has 3 aromatic carbocycles. The Hall–Kier alpha value is -3.93. The van der Waals surface area contributed by atoms with Gasteiger partial charge in [0, 0.05) is 31.1 Å². The van der Waals surface area contributed by atoms with E-state index in [-0.39, 0.29) is 11.8 Å². The van der Waals surface area contributed by atoms with Gasteiger partial charge in [0.05, 0.1) is 0 Å². The minimum absolute atomic E-state index is 0.00320. The minimum Gasteiger partial charge on any atom is -0.427 e. The lowest BCUT2D eigenvalue weighted by Gasteiger charge is -2.09. The van der Waals surface area contributed by atoms with Crippen LogP contribution in [0, 0.1) is 6.92 Å². The maximum Gasteiger partial charge on any atom is 0.308 e. The molecule has 0 aliphatic heterocycles. The lowest BCUT2D eigenvalue weighted by atomic mass is 10.1. The number of carbonyl (C=O) groups excluding carboxylic acids is 3. The van der Waals surface area contributed by atoms with Gasteiger partial charge in [-0.3, -0.25) is 14.4 Å². The van der Waals surface area contributed by atoms with Crippen LogP contribution in [0.25, 0.3) is 0 Å². The normalized spacial score (nSPS) is 10.3. The molecular formula is C26H26N2O4. The van der Waals surface area contributed by atoms with Crippen LogP contribution < -0.4 is 15.4 Å². The van der Waals surface area contributed by atoms with Crippen LogP contribution in [-0.4, -0.2) is 17.8 Å². The fourth-order valence-corrected chi connectivity index (χ4v) is 3.19. The van der Waals surface area contributed by atoms with E-state index in [1.54, 1.807) is 30.3 Å². The van der Waals surface area contributed by atoms with E-state index in [0.29, 0.717) is 36.4 Å².